The summed E-state index contributed by atoms with van der Waals surface area (Å²) in [6.07, 6.45) is 2.86. The van der Waals surface area contributed by atoms with Crippen molar-refractivity contribution in [2.45, 2.75) is 12.5 Å². The van der Waals surface area contributed by atoms with E-state index in [0.29, 0.717) is 0 Å². The van der Waals surface area contributed by atoms with Crippen LogP contribution in [0.1, 0.15) is 17.3 Å². The van der Waals surface area contributed by atoms with Crippen LogP contribution in [0.25, 0.3) is 0 Å². The van der Waals surface area contributed by atoms with E-state index >= 15 is 0 Å². The molecule has 18 heavy (non-hydrogen) atoms. The minimum absolute atomic E-state index is 0.268. The van der Waals surface area contributed by atoms with E-state index in [1.807, 2.05) is 25.0 Å². The molecule has 0 saturated heterocycles. The number of halogens is 2. The fraction of sp³-hybridized carbons (Fsp3) is 0.308. The summed E-state index contributed by atoms with van der Waals surface area (Å²) in [6.45, 7) is 0. The number of aromatic nitrogens is 2. The van der Waals surface area contributed by atoms with Gasteiger partial charge in [0.1, 0.15) is 0 Å². The second kappa shape index (κ2) is 6.16. The Morgan fingerprint density at radius 2 is 2.22 bits per heavy atom. The van der Waals surface area contributed by atoms with Gasteiger partial charge in [0, 0.05) is 33.8 Å². The van der Waals surface area contributed by atoms with Gasteiger partial charge in [0.25, 0.3) is 0 Å². The number of hydrogen-bond acceptors (Lipinski definition) is 2. The highest BCUT2D eigenvalue weighted by atomic mass is 127. The maximum Gasteiger partial charge on any atom is 0.0643 e. The van der Waals surface area contributed by atoms with Crippen molar-refractivity contribution >= 4 is 38.5 Å². The molecule has 5 heteroatoms. The summed E-state index contributed by atoms with van der Waals surface area (Å²) in [7, 11) is 3.93. The third kappa shape index (κ3) is 3.33. The van der Waals surface area contributed by atoms with E-state index in [9.17, 15) is 0 Å². The third-order valence-corrected chi connectivity index (χ3v) is 4.26. The van der Waals surface area contributed by atoms with E-state index in [-0.39, 0.29) is 6.04 Å². The van der Waals surface area contributed by atoms with Crippen molar-refractivity contribution in [2.24, 2.45) is 7.05 Å². The quantitative estimate of drug-likeness (QED) is 0.770. The number of hydrogen-bond donors (Lipinski definition) is 1. The van der Waals surface area contributed by atoms with Gasteiger partial charge in [-0.2, -0.15) is 5.10 Å². The number of nitrogens with zero attached hydrogens (tertiary/aromatic N) is 2. The lowest BCUT2D eigenvalue weighted by Crippen LogP contribution is -2.19. The summed E-state index contributed by atoms with van der Waals surface area (Å²) < 4.78 is 4.22. The smallest absolute Gasteiger partial charge is 0.0643 e. The van der Waals surface area contributed by atoms with Gasteiger partial charge in [0.2, 0.25) is 0 Å². The largest absolute Gasteiger partial charge is 0.313 e. The summed E-state index contributed by atoms with van der Waals surface area (Å²) in [4.78, 5) is 0. The first kappa shape index (κ1) is 14.0. The number of nitrogens with one attached hydrogen (secondary N) is 1. The Hall–Kier alpha value is -0.400. The summed E-state index contributed by atoms with van der Waals surface area (Å²) in [5.41, 5.74) is 2.37. The molecule has 1 heterocycles. The Bertz CT molecular complexity index is 539. The predicted octanol–water partition coefficient (Wildman–Crippen LogP) is 3.29. The molecule has 0 spiro atoms. The molecule has 0 bridgehead atoms. The van der Waals surface area contributed by atoms with Crippen molar-refractivity contribution < 1.29 is 0 Å². The molecule has 1 N–H and O–H groups in total. The molecule has 1 aromatic carbocycles. The molecule has 1 atom stereocenters. The standard InChI is InChI=1S/C13H15BrIN3/c1-16-13(8-10-5-6-18(2)17-10)11-7-9(15)3-4-12(11)14/h3-7,13,16H,8H2,1-2H3. The van der Waals surface area contributed by atoms with E-state index < -0.39 is 0 Å². The van der Waals surface area contributed by atoms with Crippen molar-refractivity contribution in [1.29, 1.82) is 0 Å². The van der Waals surface area contributed by atoms with Crippen molar-refractivity contribution in [3.05, 3.63) is 49.8 Å². The number of benzene rings is 1. The van der Waals surface area contributed by atoms with Crippen LogP contribution in [-0.4, -0.2) is 16.8 Å². The highest BCUT2D eigenvalue weighted by Gasteiger charge is 2.15. The lowest BCUT2D eigenvalue weighted by molar-refractivity contribution is 0.575. The van der Waals surface area contributed by atoms with Crippen LogP contribution in [0.4, 0.5) is 0 Å². The van der Waals surface area contributed by atoms with Crippen molar-refractivity contribution in [2.75, 3.05) is 7.05 Å². The summed E-state index contributed by atoms with van der Waals surface area (Å²) in [5.74, 6) is 0. The Morgan fingerprint density at radius 1 is 1.44 bits per heavy atom. The maximum absolute atomic E-state index is 4.44. The van der Waals surface area contributed by atoms with Crippen LogP contribution < -0.4 is 5.32 Å². The fourth-order valence-electron chi connectivity index (χ4n) is 1.93. The zero-order valence-electron chi connectivity index (χ0n) is 10.3. The van der Waals surface area contributed by atoms with Crippen molar-refractivity contribution in [3.63, 3.8) is 0 Å². The third-order valence-electron chi connectivity index (χ3n) is 2.86. The minimum Gasteiger partial charge on any atom is -0.313 e. The van der Waals surface area contributed by atoms with Crippen LogP contribution >= 0.6 is 38.5 Å². The molecule has 0 aliphatic heterocycles. The average molecular weight is 420 g/mol. The molecule has 0 fully saturated rings. The van der Waals surface area contributed by atoms with Crippen LogP contribution in [0, 0.1) is 3.57 Å². The van der Waals surface area contributed by atoms with Crippen LogP contribution in [0.3, 0.4) is 0 Å². The Balaban J connectivity index is 2.25. The second-order valence-electron chi connectivity index (χ2n) is 4.19. The molecule has 2 aromatic rings. The first-order valence-corrected chi connectivity index (χ1v) is 7.58. The van der Waals surface area contributed by atoms with E-state index in [0.717, 1.165) is 16.6 Å². The zero-order chi connectivity index (χ0) is 13.1. The van der Waals surface area contributed by atoms with Gasteiger partial charge in [0.05, 0.1) is 5.69 Å². The normalized spacial score (nSPS) is 12.7. The summed E-state index contributed by atoms with van der Waals surface area (Å²) >= 11 is 5.96. The molecule has 0 saturated carbocycles. The second-order valence-corrected chi connectivity index (χ2v) is 6.29. The van der Waals surface area contributed by atoms with Gasteiger partial charge in [-0.15, -0.1) is 0 Å². The van der Waals surface area contributed by atoms with Gasteiger partial charge in [-0.05, 0) is 59.5 Å². The Labute approximate surface area is 129 Å². The molecule has 0 aliphatic rings. The molecular formula is C13H15BrIN3. The first-order valence-electron chi connectivity index (χ1n) is 5.71. The van der Waals surface area contributed by atoms with Crippen molar-refractivity contribution in [3.8, 4) is 0 Å². The van der Waals surface area contributed by atoms with Crippen LogP contribution in [0.5, 0.6) is 0 Å². The lowest BCUT2D eigenvalue weighted by atomic mass is 10.0. The van der Waals surface area contributed by atoms with Gasteiger partial charge in [-0.3, -0.25) is 4.68 Å². The minimum atomic E-state index is 0.268. The van der Waals surface area contributed by atoms with Gasteiger partial charge >= 0.3 is 0 Å². The topological polar surface area (TPSA) is 29.9 Å². The lowest BCUT2D eigenvalue weighted by Gasteiger charge is -2.17. The van der Waals surface area contributed by atoms with Gasteiger partial charge in [0.15, 0.2) is 0 Å². The van der Waals surface area contributed by atoms with E-state index in [4.69, 9.17) is 0 Å². The van der Waals surface area contributed by atoms with Gasteiger partial charge in [-0.1, -0.05) is 15.9 Å². The number of aryl methyl sites for hydroxylation is 1. The predicted molar refractivity (Wildman–Crippen MR) is 85.6 cm³/mol. The molecule has 3 nitrogen and oxygen atoms in total. The van der Waals surface area contributed by atoms with Crippen LogP contribution in [0.2, 0.25) is 0 Å². The molecular weight excluding hydrogens is 405 g/mol. The van der Waals surface area contributed by atoms with Gasteiger partial charge < -0.3 is 5.32 Å². The monoisotopic (exact) mass is 419 g/mol. The zero-order valence-corrected chi connectivity index (χ0v) is 14.1. The van der Waals surface area contributed by atoms with Crippen molar-refractivity contribution in [1.82, 2.24) is 15.1 Å². The molecule has 96 valence electrons. The highest BCUT2D eigenvalue weighted by molar-refractivity contribution is 14.1. The summed E-state index contributed by atoms with van der Waals surface area (Å²) in [6, 6.07) is 8.73. The highest BCUT2D eigenvalue weighted by Crippen LogP contribution is 2.27. The fourth-order valence-corrected chi connectivity index (χ4v) is 2.97. The maximum atomic E-state index is 4.44. The first-order chi connectivity index (χ1) is 8.60. The molecule has 1 unspecified atom stereocenters. The number of rotatable bonds is 4. The molecule has 0 radical (unpaired) electrons. The molecule has 0 aliphatic carbocycles. The SMILES string of the molecule is CNC(Cc1ccn(C)n1)c1cc(I)ccc1Br. The Kier molecular flexibility index (Phi) is 4.80. The van der Waals surface area contributed by atoms with E-state index in [1.165, 1.54) is 9.13 Å². The molecule has 1 aromatic heterocycles. The van der Waals surface area contributed by atoms with Crippen LogP contribution in [0.15, 0.2) is 34.9 Å². The summed E-state index contributed by atoms with van der Waals surface area (Å²) in [5, 5.41) is 7.80. The molecule has 2 rings (SSSR count). The van der Waals surface area contributed by atoms with E-state index in [1.54, 1.807) is 0 Å². The van der Waals surface area contributed by atoms with Gasteiger partial charge in [-0.25, -0.2) is 0 Å². The van der Waals surface area contributed by atoms with Crippen LogP contribution in [-0.2, 0) is 13.5 Å². The average Bonchev–Trinajstić information content (AvgIpc) is 2.75. The number of likely N-dealkylation sites (N-methyl/N-ethyl adjacent to an activating group) is 1. The Morgan fingerprint density at radius 3 is 2.83 bits per heavy atom. The van der Waals surface area contributed by atoms with E-state index in [2.05, 4.69) is 73.2 Å². The molecule has 0 amide bonds.